The van der Waals surface area contributed by atoms with Gasteiger partial charge in [-0.15, -0.1) is 0 Å². The van der Waals surface area contributed by atoms with Gasteiger partial charge in [-0.1, -0.05) is 48.5 Å². The maximum Gasteiger partial charge on any atom is 0.198 e. The number of benzene rings is 2. The lowest BCUT2D eigenvalue weighted by atomic mass is 9.54. The van der Waals surface area contributed by atoms with Crippen LogP contribution in [0.4, 0.5) is 0 Å². The van der Waals surface area contributed by atoms with Crippen molar-refractivity contribution in [2.24, 2.45) is 7.05 Å². The van der Waals surface area contributed by atoms with Crippen molar-refractivity contribution in [3.8, 4) is 11.8 Å². The molecule has 2 N–H and O–H groups in total. The Morgan fingerprint density at radius 1 is 0.870 bits per heavy atom. The van der Waals surface area contributed by atoms with E-state index in [1.807, 2.05) is 24.3 Å². The third-order valence-corrected chi connectivity index (χ3v) is 5.78. The summed E-state index contributed by atoms with van der Waals surface area (Å²) in [5.74, 6) is 0.304. The Balaban J connectivity index is 2.02. The molecule has 6 rings (SSSR count). The predicted octanol–water partition coefficient (Wildman–Crippen LogP) is 3.60. The summed E-state index contributed by atoms with van der Waals surface area (Å²) in [6.07, 6.45) is 0. The number of rotatable bonds is 0. The van der Waals surface area contributed by atoms with Gasteiger partial charge in [0.1, 0.15) is 0 Å². The number of hydrogen-bond donors (Lipinski definition) is 2. The summed E-state index contributed by atoms with van der Waals surface area (Å²) in [5.41, 5.74) is 6.14. The van der Waals surface area contributed by atoms with Crippen molar-refractivity contribution in [1.29, 1.82) is 0 Å². The zero-order chi connectivity index (χ0) is 15.9. The van der Waals surface area contributed by atoms with E-state index in [-0.39, 0.29) is 17.7 Å². The summed E-state index contributed by atoms with van der Waals surface area (Å²) >= 11 is 0. The molecule has 0 aliphatic heterocycles. The van der Waals surface area contributed by atoms with Crippen molar-refractivity contribution in [1.82, 2.24) is 4.57 Å². The van der Waals surface area contributed by atoms with Crippen LogP contribution in [0.1, 0.15) is 46.2 Å². The molecule has 1 aromatic heterocycles. The highest BCUT2D eigenvalue weighted by molar-refractivity contribution is 5.75. The van der Waals surface area contributed by atoms with Gasteiger partial charge in [-0.2, -0.15) is 0 Å². The maximum absolute atomic E-state index is 10.7. The third-order valence-electron chi connectivity index (χ3n) is 5.78. The monoisotopic (exact) mass is 303 g/mol. The van der Waals surface area contributed by atoms with E-state index in [1.165, 1.54) is 26.8 Å². The van der Waals surface area contributed by atoms with Crippen LogP contribution >= 0.6 is 0 Å². The fourth-order valence-corrected chi connectivity index (χ4v) is 4.75. The molecule has 23 heavy (non-hydrogen) atoms. The van der Waals surface area contributed by atoms with Gasteiger partial charge in [0.15, 0.2) is 11.8 Å². The Bertz CT molecular complexity index is 936. The second kappa shape index (κ2) is 3.80. The van der Waals surface area contributed by atoms with Gasteiger partial charge in [-0.05, 0) is 29.2 Å². The molecule has 3 nitrogen and oxygen atoms in total. The van der Waals surface area contributed by atoms with Crippen LogP contribution in [0.3, 0.4) is 0 Å². The van der Waals surface area contributed by atoms with Gasteiger partial charge >= 0.3 is 0 Å². The molecule has 114 valence electrons. The van der Waals surface area contributed by atoms with Crippen LogP contribution in [-0.2, 0) is 12.5 Å². The molecule has 3 aromatic rings. The van der Waals surface area contributed by atoms with E-state index in [0.29, 0.717) is 0 Å². The highest BCUT2D eigenvalue weighted by Crippen LogP contribution is 2.63. The SMILES string of the molecule is Cn1c(O)c2c(c1O)C1(C)c3ccccc3C2c2ccccc21. The molecule has 2 aromatic carbocycles. The summed E-state index contributed by atoms with van der Waals surface area (Å²) in [5, 5.41) is 21.4. The quantitative estimate of drug-likeness (QED) is 0.666. The van der Waals surface area contributed by atoms with Gasteiger partial charge in [0.05, 0.1) is 0 Å². The fraction of sp³-hybridized carbons (Fsp3) is 0.200. The normalized spacial score (nSPS) is 23.3. The standard InChI is InChI=1S/C20H17NO2/c1-20-13-9-5-3-7-11(13)15(12-8-4-6-10-14(12)20)16-17(20)19(23)21(2)18(16)22/h3-10,15,22-23H,1-2H3. The molecule has 0 saturated heterocycles. The minimum absolute atomic E-state index is 0.0219. The average molecular weight is 303 g/mol. The maximum atomic E-state index is 10.7. The van der Waals surface area contributed by atoms with Gasteiger partial charge in [-0.25, -0.2) is 0 Å². The molecule has 0 unspecified atom stereocenters. The van der Waals surface area contributed by atoms with E-state index < -0.39 is 5.41 Å². The summed E-state index contributed by atoms with van der Waals surface area (Å²) in [6.45, 7) is 2.15. The topological polar surface area (TPSA) is 45.4 Å². The summed E-state index contributed by atoms with van der Waals surface area (Å²) in [4.78, 5) is 0. The summed E-state index contributed by atoms with van der Waals surface area (Å²) in [6, 6.07) is 16.8. The van der Waals surface area contributed by atoms with E-state index in [0.717, 1.165) is 11.1 Å². The van der Waals surface area contributed by atoms with Crippen molar-refractivity contribution >= 4 is 0 Å². The van der Waals surface area contributed by atoms with E-state index in [9.17, 15) is 10.2 Å². The number of aromatic nitrogens is 1. The minimum atomic E-state index is -0.444. The summed E-state index contributed by atoms with van der Waals surface area (Å²) < 4.78 is 1.49. The van der Waals surface area contributed by atoms with Crippen molar-refractivity contribution in [2.75, 3.05) is 0 Å². The second-order valence-electron chi connectivity index (χ2n) is 6.73. The van der Waals surface area contributed by atoms with Gasteiger partial charge in [0, 0.05) is 29.5 Å². The van der Waals surface area contributed by atoms with Crippen molar-refractivity contribution in [3.63, 3.8) is 0 Å². The molecule has 0 saturated carbocycles. The number of nitrogens with zero attached hydrogens (tertiary/aromatic N) is 1. The fourth-order valence-electron chi connectivity index (χ4n) is 4.75. The first-order chi connectivity index (χ1) is 11.1. The molecule has 0 atom stereocenters. The van der Waals surface area contributed by atoms with Crippen molar-refractivity contribution in [2.45, 2.75) is 18.3 Å². The first kappa shape index (κ1) is 12.8. The van der Waals surface area contributed by atoms with Crippen LogP contribution < -0.4 is 0 Å². The zero-order valence-electron chi connectivity index (χ0n) is 13.0. The first-order valence-electron chi connectivity index (χ1n) is 7.86. The first-order valence-corrected chi connectivity index (χ1v) is 7.86. The van der Waals surface area contributed by atoms with Gasteiger partial charge in [-0.3, -0.25) is 4.57 Å². The van der Waals surface area contributed by atoms with Crippen LogP contribution in [0, 0.1) is 0 Å². The highest BCUT2D eigenvalue weighted by Gasteiger charge is 2.53. The smallest absolute Gasteiger partial charge is 0.198 e. The Kier molecular flexibility index (Phi) is 2.12. The lowest BCUT2D eigenvalue weighted by Crippen LogP contribution is -2.39. The Hall–Kier alpha value is -2.68. The zero-order valence-corrected chi connectivity index (χ0v) is 13.0. The molecule has 2 bridgehead atoms. The Morgan fingerprint density at radius 2 is 1.39 bits per heavy atom. The average Bonchev–Trinajstić information content (AvgIpc) is 2.81. The highest BCUT2D eigenvalue weighted by atomic mass is 16.3. The van der Waals surface area contributed by atoms with Gasteiger partial charge in [0.25, 0.3) is 0 Å². The molecule has 0 spiro atoms. The molecule has 1 heterocycles. The Labute approximate surface area is 134 Å². The molecule has 3 aliphatic carbocycles. The number of hydrogen-bond acceptors (Lipinski definition) is 2. The van der Waals surface area contributed by atoms with E-state index in [4.69, 9.17) is 0 Å². The molecular weight excluding hydrogens is 286 g/mol. The van der Waals surface area contributed by atoms with Gasteiger partial charge in [0.2, 0.25) is 0 Å². The minimum Gasteiger partial charge on any atom is -0.494 e. The van der Waals surface area contributed by atoms with Crippen molar-refractivity contribution in [3.05, 3.63) is 81.9 Å². The summed E-state index contributed by atoms with van der Waals surface area (Å²) in [7, 11) is 1.71. The number of aromatic hydroxyl groups is 2. The van der Waals surface area contributed by atoms with Crippen LogP contribution in [0.2, 0.25) is 0 Å². The largest absolute Gasteiger partial charge is 0.494 e. The molecule has 0 radical (unpaired) electrons. The lowest BCUT2D eigenvalue weighted by molar-refractivity contribution is 0.382. The van der Waals surface area contributed by atoms with Crippen molar-refractivity contribution < 1.29 is 10.2 Å². The molecule has 3 aliphatic rings. The molecule has 0 amide bonds. The van der Waals surface area contributed by atoms with E-state index in [2.05, 4.69) is 31.2 Å². The Morgan fingerprint density at radius 3 is 1.96 bits per heavy atom. The van der Waals surface area contributed by atoms with Crippen LogP contribution in [0.25, 0.3) is 0 Å². The van der Waals surface area contributed by atoms with Crippen LogP contribution in [-0.4, -0.2) is 14.8 Å². The molecule has 3 heteroatoms. The molecule has 0 fully saturated rings. The van der Waals surface area contributed by atoms with Crippen LogP contribution in [0.15, 0.2) is 48.5 Å². The second-order valence-corrected chi connectivity index (χ2v) is 6.73. The van der Waals surface area contributed by atoms with Gasteiger partial charge < -0.3 is 10.2 Å². The third kappa shape index (κ3) is 1.21. The van der Waals surface area contributed by atoms with E-state index >= 15 is 0 Å². The molecular formula is C20H17NO2. The predicted molar refractivity (Wildman–Crippen MR) is 88.1 cm³/mol. The van der Waals surface area contributed by atoms with Crippen LogP contribution in [0.5, 0.6) is 11.8 Å². The lowest BCUT2D eigenvalue weighted by Gasteiger charge is -2.47. The van der Waals surface area contributed by atoms with E-state index in [1.54, 1.807) is 7.05 Å².